The van der Waals surface area contributed by atoms with E-state index >= 15 is 0 Å². The zero-order valence-corrected chi connectivity index (χ0v) is 23.5. The van der Waals surface area contributed by atoms with Gasteiger partial charge in [0, 0.05) is 25.3 Å². The molecule has 1 aromatic carbocycles. The zero-order valence-electron chi connectivity index (χ0n) is 23.5. The molecule has 2 saturated heterocycles. The van der Waals surface area contributed by atoms with Gasteiger partial charge in [0.1, 0.15) is 11.6 Å². The number of fused-ring (bicyclic) bond motifs is 2. The van der Waals surface area contributed by atoms with Crippen molar-refractivity contribution in [1.82, 2.24) is 9.80 Å². The molecular weight excluding hydrogens is 494 g/mol. The van der Waals surface area contributed by atoms with Crippen LogP contribution in [0.1, 0.15) is 47.0 Å². The summed E-state index contributed by atoms with van der Waals surface area (Å²) < 4.78 is 6.89. The Hall–Kier alpha value is -2.97. The fourth-order valence-corrected chi connectivity index (χ4v) is 7.11. The Morgan fingerprint density at radius 1 is 1.00 bits per heavy atom. The Bertz CT molecular complexity index is 1170. The molecule has 6 atom stereocenters. The molecule has 0 bridgehead atoms. The Labute approximate surface area is 231 Å². The van der Waals surface area contributed by atoms with Gasteiger partial charge in [0.25, 0.3) is 0 Å². The summed E-state index contributed by atoms with van der Waals surface area (Å²) in [5.41, 5.74) is -1.62. The molecule has 1 unspecified atom stereocenters. The first-order valence-electron chi connectivity index (χ1n) is 14.3. The molecule has 4 aliphatic rings. The van der Waals surface area contributed by atoms with E-state index in [1.807, 2.05) is 75.4 Å². The van der Waals surface area contributed by atoms with E-state index in [2.05, 4.69) is 6.92 Å². The minimum absolute atomic E-state index is 0.178. The number of amides is 3. The maximum absolute atomic E-state index is 14.5. The Kier molecular flexibility index (Phi) is 7.46. The summed E-state index contributed by atoms with van der Waals surface area (Å²) in [6, 6.07) is 7.95. The van der Waals surface area contributed by atoms with Crippen LogP contribution in [-0.4, -0.2) is 82.2 Å². The van der Waals surface area contributed by atoms with E-state index in [4.69, 9.17) is 4.74 Å². The third-order valence-corrected chi connectivity index (χ3v) is 8.78. The topological polar surface area (TPSA) is 90.4 Å². The van der Waals surface area contributed by atoms with Crippen molar-refractivity contribution in [2.75, 3.05) is 31.1 Å². The first kappa shape index (κ1) is 27.6. The monoisotopic (exact) mass is 535 g/mol. The van der Waals surface area contributed by atoms with Crippen LogP contribution in [0.4, 0.5) is 5.69 Å². The van der Waals surface area contributed by atoms with Gasteiger partial charge in [0.2, 0.25) is 17.7 Å². The molecule has 0 aromatic heterocycles. The Balaban J connectivity index is 1.64. The number of carbonyl (C=O) groups is 3. The molecule has 1 N–H and O–H groups in total. The van der Waals surface area contributed by atoms with Crippen LogP contribution in [0.5, 0.6) is 0 Å². The zero-order chi connectivity index (χ0) is 27.9. The number of likely N-dealkylation sites (tertiary alicyclic amines) is 1. The lowest BCUT2D eigenvalue weighted by atomic mass is 9.74. The number of ether oxygens (including phenoxy) is 1. The average molecular weight is 536 g/mol. The number of aliphatic hydroxyl groups excluding tert-OH is 1. The lowest BCUT2D eigenvalue weighted by Gasteiger charge is -2.40. The highest BCUT2D eigenvalue weighted by atomic mass is 16.5. The smallest absolute Gasteiger partial charge is 0.249 e. The van der Waals surface area contributed by atoms with Crippen LogP contribution in [0.3, 0.4) is 0 Å². The van der Waals surface area contributed by atoms with Crippen molar-refractivity contribution in [2.24, 2.45) is 17.8 Å². The van der Waals surface area contributed by atoms with Gasteiger partial charge >= 0.3 is 0 Å². The number of para-hydroxylation sites is 1. The number of hydrogen-bond donors (Lipinski definition) is 1. The van der Waals surface area contributed by atoms with Gasteiger partial charge in [-0.2, -0.15) is 0 Å². The van der Waals surface area contributed by atoms with Crippen molar-refractivity contribution in [3.63, 3.8) is 0 Å². The third-order valence-electron chi connectivity index (χ3n) is 8.78. The van der Waals surface area contributed by atoms with Gasteiger partial charge in [0.05, 0.1) is 30.1 Å². The second-order valence-corrected chi connectivity index (χ2v) is 11.9. The number of unbranched alkanes of at least 4 members (excludes halogenated alkanes) is 1. The molecule has 4 heterocycles. The average Bonchev–Trinajstić information content (AvgIpc) is 3.19. The number of anilines is 1. The summed E-state index contributed by atoms with van der Waals surface area (Å²) in [6.45, 7) is 9.11. The van der Waals surface area contributed by atoms with Gasteiger partial charge in [-0.3, -0.25) is 14.4 Å². The summed E-state index contributed by atoms with van der Waals surface area (Å²) in [5, 5.41) is 10.5. The molecule has 4 aliphatic heterocycles. The predicted octanol–water partition coefficient (Wildman–Crippen LogP) is 3.17. The summed E-state index contributed by atoms with van der Waals surface area (Å²) in [7, 11) is 0. The normalized spacial score (nSPS) is 32.8. The number of benzene rings is 1. The van der Waals surface area contributed by atoms with Crippen LogP contribution >= 0.6 is 0 Å². The van der Waals surface area contributed by atoms with Crippen LogP contribution in [0, 0.1) is 17.8 Å². The van der Waals surface area contributed by atoms with Gasteiger partial charge in [-0.05, 0) is 37.8 Å². The van der Waals surface area contributed by atoms with Crippen molar-refractivity contribution in [2.45, 2.75) is 70.2 Å². The van der Waals surface area contributed by atoms with E-state index in [1.165, 1.54) is 0 Å². The minimum atomic E-state index is -1.31. The lowest BCUT2D eigenvalue weighted by molar-refractivity contribution is -0.154. The molecule has 5 rings (SSSR count). The third kappa shape index (κ3) is 4.42. The highest BCUT2D eigenvalue weighted by Crippen LogP contribution is 2.58. The van der Waals surface area contributed by atoms with Crippen LogP contribution in [-0.2, 0) is 19.1 Å². The van der Waals surface area contributed by atoms with Crippen molar-refractivity contribution in [3.05, 3.63) is 54.6 Å². The molecular formula is C31H41N3O5. The highest BCUT2D eigenvalue weighted by molar-refractivity contribution is 6.04. The summed E-state index contributed by atoms with van der Waals surface area (Å²) in [5.74, 6) is -2.18. The van der Waals surface area contributed by atoms with E-state index in [9.17, 15) is 19.5 Å². The molecule has 1 aromatic rings. The molecule has 210 valence electrons. The molecule has 8 nitrogen and oxygen atoms in total. The second kappa shape index (κ2) is 10.5. The fourth-order valence-electron chi connectivity index (χ4n) is 7.11. The number of hydrogen-bond acceptors (Lipinski definition) is 5. The maximum atomic E-state index is 14.5. The van der Waals surface area contributed by atoms with Gasteiger partial charge in [0.15, 0.2) is 0 Å². The second-order valence-electron chi connectivity index (χ2n) is 11.9. The largest absolute Gasteiger partial charge is 0.394 e. The quantitative estimate of drug-likeness (QED) is 0.517. The van der Waals surface area contributed by atoms with E-state index in [-0.39, 0.29) is 30.2 Å². The van der Waals surface area contributed by atoms with Crippen LogP contribution < -0.4 is 4.90 Å². The highest BCUT2D eigenvalue weighted by Gasteiger charge is 2.75. The molecule has 0 radical (unpaired) electrons. The molecule has 8 heteroatoms. The minimum Gasteiger partial charge on any atom is -0.394 e. The number of rotatable bonds is 8. The van der Waals surface area contributed by atoms with Crippen molar-refractivity contribution < 1.29 is 24.2 Å². The van der Waals surface area contributed by atoms with Crippen LogP contribution in [0.25, 0.3) is 0 Å². The van der Waals surface area contributed by atoms with Crippen LogP contribution in [0.2, 0.25) is 0 Å². The molecule has 2 fully saturated rings. The lowest BCUT2D eigenvalue weighted by Crippen LogP contribution is -2.59. The van der Waals surface area contributed by atoms with E-state index in [0.29, 0.717) is 26.1 Å². The SMILES string of the molecule is CCCCN1CC=C[C@]23O[C@@]4(C)C=CCN(c5ccccc5)C(=O)[C@H]4[C@H]2C(=O)N([C@@H](CO)CC(C)C)C3C1=O. The first-order chi connectivity index (χ1) is 18.7. The predicted molar refractivity (Wildman–Crippen MR) is 149 cm³/mol. The number of carbonyl (C=O) groups excluding carboxylic acids is 3. The maximum Gasteiger partial charge on any atom is 0.249 e. The Morgan fingerprint density at radius 3 is 2.38 bits per heavy atom. The van der Waals surface area contributed by atoms with Gasteiger partial charge in [-0.1, -0.05) is 69.7 Å². The van der Waals surface area contributed by atoms with Gasteiger partial charge in [-0.15, -0.1) is 0 Å². The molecule has 3 amide bonds. The fraction of sp³-hybridized carbons (Fsp3) is 0.581. The van der Waals surface area contributed by atoms with Gasteiger partial charge < -0.3 is 24.5 Å². The van der Waals surface area contributed by atoms with E-state index < -0.39 is 35.1 Å². The van der Waals surface area contributed by atoms with Crippen LogP contribution in [0.15, 0.2) is 54.6 Å². The number of aliphatic hydroxyl groups is 1. The summed E-state index contributed by atoms with van der Waals surface area (Å²) >= 11 is 0. The van der Waals surface area contributed by atoms with Crippen molar-refractivity contribution >= 4 is 23.4 Å². The van der Waals surface area contributed by atoms with E-state index in [0.717, 1.165) is 18.5 Å². The van der Waals surface area contributed by atoms with Gasteiger partial charge in [-0.25, -0.2) is 0 Å². The summed E-state index contributed by atoms with van der Waals surface area (Å²) in [6.07, 6.45) is 9.94. The van der Waals surface area contributed by atoms with Crippen molar-refractivity contribution in [1.29, 1.82) is 0 Å². The first-order valence-corrected chi connectivity index (χ1v) is 14.3. The molecule has 0 saturated carbocycles. The molecule has 1 spiro atoms. The molecule has 0 aliphatic carbocycles. The molecule has 39 heavy (non-hydrogen) atoms. The number of nitrogens with zero attached hydrogens (tertiary/aromatic N) is 3. The van der Waals surface area contributed by atoms with Crippen molar-refractivity contribution in [3.8, 4) is 0 Å². The standard InChI is InChI=1S/C31H41N3O5/c1-5-6-16-32-17-11-15-31-25(28(37)34(26(31)29(32)38)23(20-35)19-21(2)3)24-27(36)33(22-12-8-7-9-13-22)18-10-14-30(24,4)39-31/h7-15,21,23-26,35H,5-6,16-20H2,1-4H3/t23-,24-,25+,26?,30+,31+/m1/s1. The Morgan fingerprint density at radius 2 is 1.72 bits per heavy atom. The summed E-state index contributed by atoms with van der Waals surface area (Å²) in [4.78, 5) is 48.3. The van der Waals surface area contributed by atoms with E-state index in [1.54, 1.807) is 14.7 Å².